The van der Waals surface area contributed by atoms with Crippen molar-refractivity contribution in [1.82, 2.24) is 10.2 Å². The highest BCUT2D eigenvalue weighted by molar-refractivity contribution is 5.89. The number of urea groups is 1. The fraction of sp³-hybridized carbons (Fsp3) is 0.588. The van der Waals surface area contributed by atoms with Crippen LogP contribution in [0.5, 0.6) is 0 Å². The number of likely N-dealkylation sites (tertiary alicyclic amines) is 1. The van der Waals surface area contributed by atoms with E-state index in [4.69, 9.17) is 0 Å². The summed E-state index contributed by atoms with van der Waals surface area (Å²) >= 11 is 0. The molecule has 2 unspecified atom stereocenters. The van der Waals surface area contributed by atoms with Crippen LogP contribution in [0.4, 0.5) is 10.5 Å². The molecule has 1 heterocycles. The Hall–Kier alpha value is -1.55. The zero-order valence-corrected chi connectivity index (χ0v) is 13.4. The van der Waals surface area contributed by atoms with Gasteiger partial charge in [-0.25, -0.2) is 4.79 Å². The Morgan fingerprint density at radius 2 is 2.29 bits per heavy atom. The van der Waals surface area contributed by atoms with Crippen molar-refractivity contribution in [3.8, 4) is 0 Å². The van der Waals surface area contributed by atoms with Crippen molar-refractivity contribution in [2.45, 2.75) is 52.1 Å². The van der Waals surface area contributed by atoms with Crippen LogP contribution in [-0.4, -0.2) is 30.1 Å². The van der Waals surface area contributed by atoms with Crippen LogP contribution in [-0.2, 0) is 0 Å². The number of hydrogen-bond donors (Lipinski definition) is 2. The second kappa shape index (κ2) is 7.46. The standard InChI is InChI=1S/C17H27N3O/c1-4-10-18-14(3)15-8-5-9-16(12-15)19-17(21)20-11-6-7-13(20)2/h5,8-9,12-14,18H,4,6-7,10-11H2,1-3H3,(H,19,21). The number of amides is 2. The SMILES string of the molecule is CCCNC(C)c1cccc(NC(=O)N2CCCC2C)c1. The van der Waals surface area contributed by atoms with Gasteiger partial charge in [-0.3, -0.25) is 0 Å². The minimum atomic E-state index is 0.0197. The molecule has 1 aromatic carbocycles. The number of hydrogen-bond acceptors (Lipinski definition) is 2. The minimum absolute atomic E-state index is 0.0197. The van der Waals surface area contributed by atoms with Crippen LogP contribution in [0.1, 0.15) is 51.6 Å². The molecule has 1 aliphatic heterocycles. The lowest BCUT2D eigenvalue weighted by Crippen LogP contribution is -2.37. The first-order valence-electron chi connectivity index (χ1n) is 8.02. The maximum Gasteiger partial charge on any atom is 0.322 e. The van der Waals surface area contributed by atoms with Crippen LogP contribution < -0.4 is 10.6 Å². The first kappa shape index (κ1) is 15.8. The zero-order valence-electron chi connectivity index (χ0n) is 13.4. The monoisotopic (exact) mass is 289 g/mol. The summed E-state index contributed by atoms with van der Waals surface area (Å²) in [5.74, 6) is 0. The van der Waals surface area contributed by atoms with Crippen LogP contribution in [0, 0.1) is 0 Å². The fourth-order valence-electron chi connectivity index (χ4n) is 2.79. The lowest BCUT2D eigenvalue weighted by molar-refractivity contribution is 0.210. The highest BCUT2D eigenvalue weighted by atomic mass is 16.2. The van der Waals surface area contributed by atoms with E-state index in [0.29, 0.717) is 12.1 Å². The maximum absolute atomic E-state index is 12.3. The molecule has 0 radical (unpaired) electrons. The fourth-order valence-corrected chi connectivity index (χ4v) is 2.79. The normalized spacial score (nSPS) is 19.6. The van der Waals surface area contributed by atoms with Gasteiger partial charge in [0, 0.05) is 24.3 Å². The minimum Gasteiger partial charge on any atom is -0.322 e. The second-order valence-electron chi connectivity index (χ2n) is 5.92. The summed E-state index contributed by atoms with van der Waals surface area (Å²) in [5.41, 5.74) is 2.08. The molecular weight excluding hydrogens is 262 g/mol. The summed E-state index contributed by atoms with van der Waals surface area (Å²) < 4.78 is 0. The highest BCUT2D eigenvalue weighted by Gasteiger charge is 2.24. The van der Waals surface area contributed by atoms with Crippen molar-refractivity contribution in [1.29, 1.82) is 0 Å². The maximum atomic E-state index is 12.3. The number of anilines is 1. The van der Waals surface area contributed by atoms with Crippen LogP contribution in [0.25, 0.3) is 0 Å². The smallest absolute Gasteiger partial charge is 0.322 e. The van der Waals surface area contributed by atoms with Gasteiger partial charge in [-0.1, -0.05) is 19.1 Å². The Kier molecular flexibility index (Phi) is 5.62. The van der Waals surface area contributed by atoms with Crippen molar-refractivity contribution in [2.24, 2.45) is 0 Å². The van der Waals surface area contributed by atoms with Gasteiger partial charge in [0.25, 0.3) is 0 Å². The van der Waals surface area contributed by atoms with E-state index in [0.717, 1.165) is 38.0 Å². The summed E-state index contributed by atoms with van der Waals surface area (Å²) in [6, 6.07) is 8.78. The van der Waals surface area contributed by atoms with E-state index in [2.05, 4.69) is 43.5 Å². The van der Waals surface area contributed by atoms with Crippen LogP contribution in [0.15, 0.2) is 24.3 Å². The first-order valence-corrected chi connectivity index (χ1v) is 8.02. The topological polar surface area (TPSA) is 44.4 Å². The lowest BCUT2D eigenvalue weighted by atomic mass is 10.1. The zero-order chi connectivity index (χ0) is 15.2. The summed E-state index contributed by atoms with van der Waals surface area (Å²) in [6.45, 7) is 8.29. The molecule has 2 rings (SSSR count). The number of nitrogens with one attached hydrogen (secondary N) is 2. The Morgan fingerprint density at radius 1 is 1.48 bits per heavy atom. The highest BCUT2D eigenvalue weighted by Crippen LogP contribution is 2.20. The van der Waals surface area contributed by atoms with E-state index in [-0.39, 0.29) is 6.03 Å². The predicted octanol–water partition coefficient (Wildman–Crippen LogP) is 3.76. The third-order valence-electron chi connectivity index (χ3n) is 4.15. The lowest BCUT2D eigenvalue weighted by Gasteiger charge is -2.22. The van der Waals surface area contributed by atoms with Gasteiger partial charge in [0.15, 0.2) is 0 Å². The summed E-state index contributed by atoms with van der Waals surface area (Å²) in [5, 5.41) is 6.49. The summed E-state index contributed by atoms with van der Waals surface area (Å²) in [6.07, 6.45) is 3.33. The first-order chi connectivity index (χ1) is 10.1. The number of benzene rings is 1. The quantitative estimate of drug-likeness (QED) is 0.866. The molecule has 2 amide bonds. The van der Waals surface area contributed by atoms with Crippen LogP contribution >= 0.6 is 0 Å². The molecule has 0 saturated carbocycles. The summed E-state index contributed by atoms with van der Waals surface area (Å²) in [7, 11) is 0. The molecule has 4 heteroatoms. The van der Waals surface area contributed by atoms with Gasteiger partial charge < -0.3 is 15.5 Å². The van der Waals surface area contributed by atoms with E-state index < -0.39 is 0 Å². The number of rotatable bonds is 5. The van der Waals surface area contributed by atoms with Gasteiger partial charge >= 0.3 is 6.03 Å². The van der Waals surface area contributed by atoms with Crippen LogP contribution in [0.2, 0.25) is 0 Å². The van der Waals surface area contributed by atoms with Gasteiger partial charge in [-0.05, 0) is 57.4 Å². The molecule has 0 spiro atoms. The van der Waals surface area contributed by atoms with E-state index in [1.165, 1.54) is 5.56 Å². The molecule has 0 bridgehead atoms. The average molecular weight is 289 g/mol. The molecule has 21 heavy (non-hydrogen) atoms. The van der Waals surface area contributed by atoms with Crippen LogP contribution in [0.3, 0.4) is 0 Å². The number of carbonyl (C=O) groups is 1. The molecule has 1 aliphatic rings. The average Bonchev–Trinajstić information content (AvgIpc) is 2.91. The molecule has 1 fully saturated rings. The van der Waals surface area contributed by atoms with Gasteiger partial charge in [0.2, 0.25) is 0 Å². The molecule has 1 saturated heterocycles. The Morgan fingerprint density at radius 3 is 2.95 bits per heavy atom. The predicted molar refractivity (Wildman–Crippen MR) is 87.6 cm³/mol. The third-order valence-corrected chi connectivity index (χ3v) is 4.15. The van der Waals surface area contributed by atoms with E-state index in [1.54, 1.807) is 0 Å². The molecule has 0 aromatic heterocycles. The van der Waals surface area contributed by atoms with E-state index in [9.17, 15) is 4.79 Å². The molecule has 4 nitrogen and oxygen atoms in total. The molecule has 116 valence electrons. The van der Waals surface area contributed by atoms with Crippen molar-refractivity contribution in [3.63, 3.8) is 0 Å². The second-order valence-corrected chi connectivity index (χ2v) is 5.92. The van der Waals surface area contributed by atoms with Gasteiger partial charge in [-0.2, -0.15) is 0 Å². The molecule has 2 atom stereocenters. The molecular formula is C17H27N3O. The van der Waals surface area contributed by atoms with E-state index >= 15 is 0 Å². The van der Waals surface area contributed by atoms with E-state index in [1.807, 2.05) is 17.0 Å². The van der Waals surface area contributed by atoms with Crippen molar-refractivity contribution in [2.75, 3.05) is 18.4 Å². The number of nitrogens with zero attached hydrogens (tertiary/aromatic N) is 1. The summed E-state index contributed by atoms with van der Waals surface area (Å²) in [4.78, 5) is 14.2. The number of carbonyl (C=O) groups excluding carboxylic acids is 1. The van der Waals surface area contributed by atoms with Crippen molar-refractivity contribution in [3.05, 3.63) is 29.8 Å². The van der Waals surface area contributed by atoms with Crippen molar-refractivity contribution < 1.29 is 4.79 Å². The molecule has 0 aliphatic carbocycles. The Bertz CT molecular complexity index is 475. The third kappa shape index (κ3) is 4.21. The van der Waals surface area contributed by atoms with Gasteiger partial charge in [0.1, 0.15) is 0 Å². The van der Waals surface area contributed by atoms with Gasteiger partial charge in [0.05, 0.1) is 0 Å². The molecule has 1 aromatic rings. The molecule has 2 N–H and O–H groups in total. The largest absolute Gasteiger partial charge is 0.322 e. The van der Waals surface area contributed by atoms with Gasteiger partial charge in [-0.15, -0.1) is 0 Å². The Labute approximate surface area is 127 Å². The van der Waals surface area contributed by atoms with Crippen molar-refractivity contribution >= 4 is 11.7 Å². The Balaban J connectivity index is 1.98.